The molecule has 0 unspecified atom stereocenters. The molecule has 1 saturated carbocycles. The molecule has 1 fully saturated rings. The predicted octanol–water partition coefficient (Wildman–Crippen LogP) is 5.15. The van der Waals surface area contributed by atoms with Crippen molar-refractivity contribution in [3.63, 3.8) is 0 Å². The van der Waals surface area contributed by atoms with Gasteiger partial charge in [-0.2, -0.15) is 0 Å². The highest BCUT2D eigenvalue weighted by molar-refractivity contribution is 6.31. The zero-order valence-electron chi connectivity index (χ0n) is 12.4. The molecule has 0 aromatic heterocycles. The minimum atomic E-state index is -0.724. The van der Waals surface area contributed by atoms with E-state index in [2.05, 4.69) is 0 Å². The summed E-state index contributed by atoms with van der Waals surface area (Å²) in [5, 5.41) is 9.63. The fourth-order valence-electron chi connectivity index (χ4n) is 3.45. The molecule has 2 nitrogen and oxygen atoms in total. The first kappa shape index (κ1) is 16.3. The largest absolute Gasteiger partial charge is 0.481 e. The third kappa shape index (κ3) is 4.19. The molecular formula is C17H22ClFO2. The van der Waals surface area contributed by atoms with Crippen molar-refractivity contribution in [1.29, 1.82) is 0 Å². The maximum atomic E-state index is 13.4. The number of aryl methyl sites for hydroxylation is 2. The van der Waals surface area contributed by atoms with Crippen LogP contribution in [0, 0.1) is 18.2 Å². The Balaban J connectivity index is 2.11. The van der Waals surface area contributed by atoms with Crippen molar-refractivity contribution < 1.29 is 14.3 Å². The molecule has 1 aliphatic rings. The van der Waals surface area contributed by atoms with Crippen molar-refractivity contribution in [2.45, 2.75) is 58.3 Å². The molecule has 0 bridgehead atoms. The molecular weight excluding hydrogens is 291 g/mol. The van der Waals surface area contributed by atoms with E-state index >= 15 is 0 Å². The van der Waals surface area contributed by atoms with Crippen LogP contribution in [0.15, 0.2) is 12.1 Å². The van der Waals surface area contributed by atoms with E-state index in [1.807, 2.05) is 0 Å². The van der Waals surface area contributed by atoms with Gasteiger partial charge in [0, 0.05) is 5.02 Å². The highest BCUT2D eigenvalue weighted by atomic mass is 35.5. The Morgan fingerprint density at radius 2 is 2.00 bits per heavy atom. The van der Waals surface area contributed by atoms with Gasteiger partial charge in [0.15, 0.2) is 0 Å². The van der Waals surface area contributed by atoms with Crippen molar-refractivity contribution in [3.8, 4) is 0 Å². The van der Waals surface area contributed by atoms with Gasteiger partial charge < -0.3 is 5.11 Å². The van der Waals surface area contributed by atoms with Crippen LogP contribution in [0.5, 0.6) is 0 Å². The van der Waals surface area contributed by atoms with Crippen LogP contribution in [0.4, 0.5) is 4.39 Å². The van der Waals surface area contributed by atoms with Gasteiger partial charge in [0.05, 0.1) is 6.42 Å². The lowest BCUT2D eigenvalue weighted by molar-refractivity contribution is -0.140. The van der Waals surface area contributed by atoms with Gasteiger partial charge in [-0.15, -0.1) is 0 Å². The molecule has 0 amide bonds. The second-order valence-electron chi connectivity index (χ2n) is 6.32. The number of benzene rings is 1. The normalized spacial score (nSPS) is 17.7. The average molecular weight is 313 g/mol. The fraction of sp³-hybridized carbons (Fsp3) is 0.588. The van der Waals surface area contributed by atoms with Gasteiger partial charge in [-0.3, -0.25) is 4.79 Å². The van der Waals surface area contributed by atoms with Crippen molar-refractivity contribution in [1.82, 2.24) is 0 Å². The van der Waals surface area contributed by atoms with Crippen molar-refractivity contribution in [3.05, 3.63) is 34.1 Å². The van der Waals surface area contributed by atoms with E-state index in [1.165, 1.54) is 12.5 Å². The van der Waals surface area contributed by atoms with Crippen molar-refractivity contribution in [2.75, 3.05) is 0 Å². The third-order valence-corrected chi connectivity index (χ3v) is 5.04. The molecule has 1 aromatic rings. The lowest BCUT2D eigenvalue weighted by Gasteiger charge is -2.36. The maximum Gasteiger partial charge on any atom is 0.303 e. The molecule has 2 rings (SSSR count). The lowest BCUT2D eigenvalue weighted by Crippen LogP contribution is -2.28. The summed E-state index contributed by atoms with van der Waals surface area (Å²) in [6.45, 7) is 1.72. The molecule has 0 heterocycles. The zero-order valence-corrected chi connectivity index (χ0v) is 13.2. The Hall–Kier alpha value is -1.09. The molecule has 21 heavy (non-hydrogen) atoms. The lowest BCUT2D eigenvalue weighted by atomic mass is 9.68. The number of rotatable bonds is 5. The Morgan fingerprint density at radius 3 is 2.62 bits per heavy atom. The molecule has 0 aliphatic heterocycles. The van der Waals surface area contributed by atoms with Crippen LogP contribution in [-0.2, 0) is 11.2 Å². The number of carboxylic acids is 1. The van der Waals surface area contributed by atoms with E-state index in [9.17, 15) is 14.3 Å². The highest BCUT2D eigenvalue weighted by Gasteiger charge is 2.34. The Morgan fingerprint density at radius 1 is 1.33 bits per heavy atom. The monoisotopic (exact) mass is 312 g/mol. The molecule has 0 atom stereocenters. The van der Waals surface area contributed by atoms with Crippen molar-refractivity contribution in [2.24, 2.45) is 5.41 Å². The van der Waals surface area contributed by atoms with Gasteiger partial charge in [0.25, 0.3) is 0 Å². The Bertz CT molecular complexity index is 522. The molecule has 0 saturated heterocycles. The summed E-state index contributed by atoms with van der Waals surface area (Å²) < 4.78 is 13.4. The van der Waals surface area contributed by atoms with E-state index in [4.69, 9.17) is 11.6 Å². The number of hydrogen-bond donors (Lipinski definition) is 1. The summed E-state index contributed by atoms with van der Waals surface area (Å²) in [6.07, 6.45) is 7.08. The quantitative estimate of drug-likeness (QED) is 0.816. The van der Waals surface area contributed by atoms with Crippen LogP contribution >= 0.6 is 11.6 Å². The molecule has 0 spiro atoms. The van der Waals surface area contributed by atoms with E-state index in [0.29, 0.717) is 17.0 Å². The van der Waals surface area contributed by atoms with E-state index in [-0.39, 0.29) is 17.7 Å². The predicted molar refractivity (Wildman–Crippen MR) is 82.2 cm³/mol. The number of halogens is 2. The van der Waals surface area contributed by atoms with Gasteiger partial charge >= 0.3 is 5.97 Å². The van der Waals surface area contributed by atoms with Gasteiger partial charge in [0.1, 0.15) is 5.82 Å². The zero-order chi connectivity index (χ0) is 15.5. The SMILES string of the molecule is Cc1cc(CCC2(CC(=O)O)CCCCC2)c(Cl)cc1F. The minimum absolute atomic E-state index is 0.115. The summed E-state index contributed by atoms with van der Waals surface area (Å²) in [4.78, 5) is 11.2. The summed E-state index contributed by atoms with van der Waals surface area (Å²) in [6, 6.07) is 3.14. The second-order valence-corrected chi connectivity index (χ2v) is 6.73. The summed E-state index contributed by atoms with van der Waals surface area (Å²) in [7, 11) is 0. The van der Waals surface area contributed by atoms with Crippen LogP contribution in [0.3, 0.4) is 0 Å². The number of aliphatic carboxylic acids is 1. The maximum absolute atomic E-state index is 13.4. The molecule has 1 aliphatic carbocycles. The first-order valence-electron chi connectivity index (χ1n) is 7.58. The van der Waals surface area contributed by atoms with Gasteiger partial charge in [-0.25, -0.2) is 4.39 Å². The van der Waals surface area contributed by atoms with Gasteiger partial charge in [0.2, 0.25) is 0 Å². The van der Waals surface area contributed by atoms with Crippen LogP contribution in [-0.4, -0.2) is 11.1 Å². The smallest absolute Gasteiger partial charge is 0.303 e. The molecule has 116 valence electrons. The standard InChI is InChI=1S/C17H22ClFO2/c1-12-9-13(14(18)10-15(12)19)5-8-17(11-16(20)21)6-3-2-4-7-17/h9-10H,2-8,11H2,1H3,(H,20,21). The summed E-state index contributed by atoms with van der Waals surface area (Å²) >= 11 is 6.11. The van der Waals surface area contributed by atoms with Crippen LogP contribution in [0.25, 0.3) is 0 Å². The average Bonchev–Trinajstić information content (AvgIpc) is 2.42. The first-order chi connectivity index (χ1) is 9.92. The number of carboxylic acid groups (broad SMARTS) is 1. The molecule has 1 N–H and O–H groups in total. The summed E-state index contributed by atoms with van der Waals surface area (Å²) in [5.74, 6) is -1.01. The molecule has 1 aromatic carbocycles. The molecule has 4 heteroatoms. The van der Waals surface area contributed by atoms with Gasteiger partial charge in [-0.1, -0.05) is 36.9 Å². The second kappa shape index (κ2) is 6.78. The van der Waals surface area contributed by atoms with E-state index in [0.717, 1.165) is 37.7 Å². The Labute approximate surface area is 130 Å². The van der Waals surface area contributed by atoms with Crippen molar-refractivity contribution >= 4 is 17.6 Å². The third-order valence-electron chi connectivity index (χ3n) is 4.69. The number of hydrogen-bond acceptors (Lipinski definition) is 1. The van der Waals surface area contributed by atoms with Crippen LogP contribution in [0.1, 0.15) is 56.1 Å². The van der Waals surface area contributed by atoms with Crippen LogP contribution < -0.4 is 0 Å². The highest BCUT2D eigenvalue weighted by Crippen LogP contribution is 2.43. The fourth-order valence-corrected chi connectivity index (χ4v) is 3.69. The number of carbonyl (C=O) groups is 1. The minimum Gasteiger partial charge on any atom is -0.481 e. The topological polar surface area (TPSA) is 37.3 Å². The van der Waals surface area contributed by atoms with E-state index in [1.54, 1.807) is 13.0 Å². The van der Waals surface area contributed by atoms with Gasteiger partial charge in [-0.05, 0) is 55.2 Å². The van der Waals surface area contributed by atoms with E-state index < -0.39 is 5.97 Å². The van der Waals surface area contributed by atoms with Crippen LogP contribution in [0.2, 0.25) is 5.02 Å². The summed E-state index contributed by atoms with van der Waals surface area (Å²) in [5.41, 5.74) is 1.40. The first-order valence-corrected chi connectivity index (χ1v) is 7.96. The molecule has 0 radical (unpaired) electrons. The Kier molecular flexibility index (Phi) is 5.26.